The molecule has 5 heteroatoms. The lowest BCUT2D eigenvalue weighted by Crippen LogP contribution is -2.51. The quantitative estimate of drug-likeness (QED) is 0.680. The van der Waals surface area contributed by atoms with Crippen molar-refractivity contribution in [2.45, 2.75) is 50.9 Å². The highest BCUT2D eigenvalue weighted by molar-refractivity contribution is 5.83. The van der Waals surface area contributed by atoms with Gasteiger partial charge in [0.2, 0.25) is 5.91 Å². The number of primary amides is 1. The Bertz CT molecular complexity index is 237. The van der Waals surface area contributed by atoms with Gasteiger partial charge in [-0.3, -0.25) is 4.79 Å². The van der Waals surface area contributed by atoms with Crippen molar-refractivity contribution in [1.82, 2.24) is 0 Å². The van der Waals surface area contributed by atoms with Gasteiger partial charge in [-0.25, -0.2) is 0 Å². The molecule has 0 radical (unpaired) electrons. The maximum atomic E-state index is 11.0. The standard InChI is InChI=1S/C11H22N2O3/c1-8(6-11(2,13)10(12)14)16-7-9-4-3-5-15-9/h8-9H,3-7,13H2,1-2H3,(H2,12,14). The Morgan fingerprint density at radius 1 is 1.69 bits per heavy atom. The van der Waals surface area contributed by atoms with Crippen molar-refractivity contribution < 1.29 is 14.3 Å². The van der Waals surface area contributed by atoms with Gasteiger partial charge < -0.3 is 20.9 Å². The molecule has 1 amide bonds. The summed E-state index contributed by atoms with van der Waals surface area (Å²) in [5.74, 6) is -0.500. The predicted molar refractivity (Wildman–Crippen MR) is 60.8 cm³/mol. The summed E-state index contributed by atoms with van der Waals surface area (Å²) in [5.41, 5.74) is 9.95. The van der Waals surface area contributed by atoms with Crippen LogP contribution in [0.4, 0.5) is 0 Å². The molecule has 1 saturated heterocycles. The van der Waals surface area contributed by atoms with Crippen molar-refractivity contribution in [3.8, 4) is 0 Å². The SMILES string of the molecule is CC(CC(C)(N)C(N)=O)OCC1CCCO1. The van der Waals surface area contributed by atoms with Crippen LogP contribution in [0.2, 0.25) is 0 Å². The Labute approximate surface area is 96.5 Å². The van der Waals surface area contributed by atoms with Gasteiger partial charge in [-0.15, -0.1) is 0 Å². The highest BCUT2D eigenvalue weighted by Crippen LogP contribution is 2.15. The van der Waals surface area contributed by atoms with Gasteiger partial charge in [-0.2, -0.15) is 0 Å². The minimum Gasteiger partial charge on any atom is -0.376 e. The van der Waals surface area contributed by atoms with Crippen LogP contribution in [0.1, 0.15) is 33.1 Å². The molecule has 0 aromatic carbocycles. The fourth-order valence-electron chi connectivity index (χ4n) is 1.80. The molecular weight excluding hydrogens is 208 g/mol. The minimum absolute atomic E-state index is 0.0910. The fraction of sp³-hybridized carbons (Fsp3) is 0.909. The molecule has 0 aliphatic carbocycles. The maximum absolute atomic E-state index is 11.0. The summed E-state index contributed by atoms with van der Waals surface area (Å²) in [6.45, 7) is 4.90. The van der Waals surface area contributed by atoms with Gasteiger partial charge in [0.25, 0.3) is 0 Å². The number of rotatable bonds is 6. The molecule has 0 aromatic rings. The van der Waals surface area contributed by atoms with Crippen LogP contribution >= 0.6 is 0 Å². The Balaban J connectivity index is 2.24. The van der Waals surface area contributed by atoms with E-state index >= 15 is 0 Å². The molecule has 0 saturated carbocycles. The van der Waals surface area contributed by atoms with Gasteiger partial charge in [-0.1, -0.05) is 0 Å². The Hall–Kier alpha value is -0.650. The van der Waals surface area contributed by atoms with Gasteiger partial charge in [0.1, 0.15) is 0 Å². The van der Waals surface area contributed by atoms with Gasteiger partial charge >= 0.3 is 0 Å². The van der Waals surface area contributed by atoms with Crippen molar-refractivity contribution in [2.75, 3.05) is 13.2 Å². The average Bonchev–Trinajstić information content (AvgIpc) is 2.66. The number of hydrogen-bond acceptors (Lipinski definition) is 4. The van der Waals surface area contributed by atoms with Crippen LogP contribution in [0.25, 0.3) is 0 Å². The minimum atomic E-state index is -1.00. The molecule has 3 atom stereocenters. The average molecular weight is 230 g/mol. The van der Waals surface area contributed by atoms with Gasteiger partial charge in [0.15, 0.2) is 0 Å². The molecule has 0 bridgehead atoms. The van der Waals surface area contributed by atoms with E-state index in [2.05, 4.69) is 0 Å². The van der Waals surface area contributed by atoms with Crippen molar-refractivity contribution in [3.05, 3.63) is 0 Å². The summed E-state index contributed by atoms with van der Waals surface area (Å²) in [6, 6.07) is 0. The van der Waals surface area contributed by atoms with Crippen LogP contribution in [0.3, 0.4) is 0 Å². The van der Waals surface area contributed by atoms with E-state index in [1.54, 1.807) is 6.92 Å². The van der Waals surface area contributed by atoms with E-state index in [0.717, 1.165) is 19.4 Å². The van der Waals surface area contributed by atoms with E-state index in [9.17, 15) is 4.79 Å². The highest BCUT2D eigenvalue weighted by atomic mass is 16.5. The third-order valence-electron chi connectivity index (χ3n) is 2.87. The summed E-state index contributed by atoms with van der Waals surface area (Å²) >= 11 is 0. The molecule has 1 fully saturated rings. The number of carbonyl (C=O) groups is 1. The van der Waals surface area contributed by atoms with E-state index in [1.165, 1.54) is 0 Å². The molecule has 16 heavy (non-hydrogen) atoms. The van der Waals surface area contributed by atoms with E-state index in [0.29, 0.717) is 13.0 Å². The predicted octanol–water partition coefficient (Wildman–Crippen LogP) is 0.163. The van der Waals surface area contributed by atoms with Crippen LogP contribution in [0.15, 0.2) is 0 Å². The first-order chi connectivity index (χ1) is 7.42. The summed E-state index contributed by atoms with van der Waals surface area (Å²) in [6.07, 6.45) is 2.67. The van der Waals surface area contributed by atoms with Crippen molar-refractivity contribution in [1.29, 1.82) is 0 Å². The number of ether oxygens (including phenoxy) is 2. The fourth-order valence-corrected chi connectivity index (χ4v) is 1.80. The second-order valence-electron chi connectivity index (χ2n) is 4.76. The largest absolute Gasteiger partial charge is 0.376 e. The topological polar surface area (TPSA) is 87.6 Å². The van der Waals surface area contributed by atoms with Crippen molar-refractivity contribution >= 4 is 5.91 Å². The molecule has 1 rings (SSSR count). The summed E-state index contributed by atoms with van der Waals surface area (Å²) in [5, 5.41) is 0. The molecule has 1 aliphatic rings. The van der Waals surface area contributed by atoms with Crippen LogP contribution in [0.5, 0.6) is 0 Å². The maximum Gasteiger partial charge on any atom is 0.237 e. The van der Waals surface area contributed by atoms with Crippen molar-refractivity contribution in [2.24, 2.45) is 11.5 Å². The zero-order valence-electron chi connectivity index (χ0n) is 10.1. The second kappa shape index (κ2) is 5.61. The molecule has 94 valence electrons. The Kier molecular flexibility index (Phi) is 4.70. The highest BCUT2D eigenvalue weighted by Gasteiger charge is 2.28. The molecule has 1 heterocycles. The van der Waals surface area contributed by atoms with E-state index in [1.807, 2.05) is 6.92 Å². The molecule has 3 unspecified atom stereocenters. The number of carbonyl (C=O) groups excluding carboxylic acids is 1. The van der Waals surface area contributed by atoms with Crippen LogP contribution in [0, 0.1) is 0 Å². The Morgan fingerprint density at radius 3 is 2.88 bits per heavy atom. The molecule has 0 spiro atoms. The zero-order valence-corrected chi connectivity index (χ0v) is 10.1. The van der Waals surface area contributed by atoms with Crippen LogP contribution in [-0.4, -0.2) is 36.9 Å². The third-order valence-corrected chi connectivity index (χ3v) is 2.87. The molecule has 4 N–H and O–H groups in total. The first-order valence-electron chi connectivity index (χ1n) is 5.74. The normalized spacial score (nSPS) is 26.3. The van der Waals surface area contributed by atoms with E-state index in [-0.39, 0.29) is 12.2 Å². The zero-order chi connectivity index (χ0) is 12.2. The van der Waals surface area contributed by atoms with Gasteiger partial charge in [-0.05, 0) is 33.1 Å². The molecular formula is C11H22N2O3. The first kappa shape index (κ1) is 13.4. The third kappa shape index (κ3) is 4.08. The lowest BCUT2D eigenvalue weighted by molar-refractivity contribution is -0.124. The summed E-state index contributed by atoms with van der Waals surface area (Å²) < 4.78 is 11.0. The van der Waals surface area contributed by atoms with Gasteiger partial charge in [0.05, 0.1) is 24.4 Å². The second-order valence-corrected chi connectivity index (χ2v) is 4.76. The lowest BCUT2D eigenvalue weighted by atomic mass is 9.95. The first-order valence-corrected chi connectivity index (χ1v) is 5.74. The smallest absolute Gasteiger partial charge is 0.237 e. The van der Waals surface area contributed by atoms with E-state index < -0.39 is 11.4 Å². The van der Waals surface area contributed by atoms with Crippen molar-refractivity contribution in [3.63, 3.8) is 0 Å². The van der Waals surface area contributed by atoms with E-state index in [4.69, 9.17) is 20.9 Å². The summed E-state index contributed by atoms with van der Waals surface area (Å²) in [7, 11) is 0. The number of amides is 1. The monoisotopic (exact) mass is 230 g/mol. The number of hydrogen-bond donors (Lipinski definition) is 2. The Morgan fingerprint density at radius 2 is 2.38 bits per heavy atom. The van der Waals surface area contributed by atoms with Crippen LogP contribution < -0.4 is 11.5 Å². The molecule has 0 aromatic heterocycles. The summed E-state index contributed by atoms with van der Waals surface area (Å²) in [4.78, 5) is 11.0. The lowest BCUT2D eigenvalue weighted by Gasteiger charge is -2.25. The molecule has 1 aliphatic heterocycles. The number of nitrogens with two attached hydrogens (primary N) is 2. The van der Waals surface area contributed by atoms with Gasteiger partial charge in [0, 0.05) is 6.61 Å². The van der Waals surface area contributed by atoms with Crippen LogP contribution in [-0.2, 0) is 14.3 Å². The molecule has 5 nitrogen and oxygen atoms in total.